The van der Waals surface area contributed by atoms with E-state index in [4.69, 9.17) is 19.1 Å². The van der Waals surface area contributed by atoms with Crippen LogP contribution in [0, 0.1) is 0 Å². The van der Waals surface area contributed by atoms with Crippen molar-refractivity contribution in [3.8, 4) is 0 Å². The highest BCUT2D eigenvalue weighted by molar-refractivity contribution is 6.62. The van der Waals surface area contributed by atoms with E-state index in [9.17, 15) is 13.6 Å². The van der Waals surface area contributed by atoms with E-state index in [-0.39, 0.29) is 17.5 Å². The van der Waals surface area contributed by atoms with Crippen molar-refractivity contribution in [1.29, 1.82) is 0 Å². The van der Waals surface area contributed by atoms with Gasteiger partial charge in [-0.25, -0.2) is 8.78 Å². The van der Waals surface area contributed by atoms with Crippen LogP contribution in [0.1, 0.15) is 95.2 Å². The van der Waals surface area contributed by atoms with Crippen LogP contribution in [-0.2, 0) is 38.2 Å². The van der Waals surface area contributed by atoms with Gasteiger partial charge in [0.05, 0.1) is 23.8 Å². The van der Waals surface area contributed by atoms with Crippen molar-refractivity contribution >= 4 is 30.0 Å². The second-order valence-corrected chi connectivity index (χ2v) is 12.7. The number of carbonyl (C=O) groups is 1. The third kappa shape index (κ3) is 4.97. The van der Waals surface area contributed by atoms with Crippen molar-refractivity contribution in [1.82, 2.24) is 14.7 Å². The summed E-state index contributed by atoms with van der Waals surface area (Å²) >= 11 is 0. The molecule has 0 N–H and O–H groups in total. The number of hydrogen-bond acceptors (Lipinski definition) is 6. The Morgan fingerprint density at radius 1 is 1.10 bits per heavy atom. The van der Waals surface area contributed by atoms with E-state index in [0.717, 1.165) is 60.4 Å². The van der Waals surface area contributed by atoms with Gasteiger partial charge >= 0.3 is 7.12 Å². The summed E-state index contributed by atoms with van der Waals surface area (Å²) in [6.45, 7) is 12.8. The topological polar surface area (TPSA) is 69.1 Å². The lowest BCUT2D eigenvalue weighted by Crippen LogP contribution is -2.41. The third-order valence-electron chi connectivity index (χ3n) is 9.66. The molecule has 6 rings (SSSR count). The van der Waals surface area contributed by atoms with Gasteiger partial charge in [-0.3, -0.25) is 9.48 Å². The van der Waals surface area contributed by atoms with Crippen LogP contribution >= 0.6 is 0 Å². The van der Waals surface area contributed by atoms with Gasteiger partial charge in [-0.05, 0) is 70.5 Å². The maximum atomic E-state index is 14.7. The van der Waals surface area contributed by atoms with Crippen LogP contribution in [0.25, 0.3) is 0 Å². The molecule has 1 aromatic carbocycles. The monoisotopic (exact) mass is 570 g/mol. The summed E-state index contributed by atoms with van der Waals surface area (Å²) in [6.07, 6.45) is 1.89. The Hall–Kier alpha value is -2.50. The smallest absolute Gasteiger partial charge is 0.399 e. The number of nitrogens with zero attached hydrogens (tertiary/aromatic N) is 4. The first-order valence-electron chi connectivity index (χ1n) is 15.0. The Morgan fingerprint density at radius 2 is 1.80 bits per heavy atom. The third-order valence-corrected chi connectivity index (χ3v) is 9.66. The molecule has 11 heteroatoms. The molecule has 0 bridgehead atoms. The predicted octanol–water partition coefficient (Wildman–Crippen LogP) is 4.85. The van der Waals surface area contributed by atoms with E-state index in [2.05, 4.69) is 9.58 Å². The highest BCUT2D eigenvalue weighted by Gasteiger charge is 2.53. The highest BCUT2D eigenvalue weighted by Crippen LogP contribution is 2.42. The SMILES string of the molecule is CCC(=O)N1CCc2c(c(N3CCCc4cc(B5OC(C)(C)C(C)(C)O5)c(C(F)F)cc43)nn2C2CCOCC2)C1. The number of ether oxygens (including phenoxy) is 1. The summed E-state index contributed by atoms with van der Waals surface area (Å²) in [6, 6.07) is 3.71. The fourth-order valence-electron chi connectivity index (χ4n) is 6.56. The van der Waals surface area contributed by atoms with Crippen LogP contribution in [0.3, 0.4) is 0 Å². The minimum Gasteiger partial charge on any atom is -0.399 e. The fourth-order valence-corrected chi connectivity index (χ4v) is 6.56. The predicted molar refractivity (Wildman–Crippen MR) is 153 cm³/mol. The van der Waals surface area contributed by atoms with Crippen molar-refractivity contribution in [3.63, 3.8) is 0 Å². The fraction of sp³-hybridized carbons (Fsp3) is 0.667. The zero-order chi connectivity index (χ0) is 29.1. The molecule has 0 radical (unpaired) electrons. The van der Waals surface area contributed by atoms with Gasteiger partial charge in [-0.15, -0.1) is 0 Å². The quantitative estimate of drug-likeness (QED) is 0.479. The molecule has 1 aromatic heterocycles. The van der Waals surface area contributed by atoms with Crippen molar-refractivity contribution < 1.29 is 27.6 Å². The number of amides is 1. The van der Waals surface area contributed by atoms with E-state index in [0.29, 0.717) is 44.7 Å². The molecule has 222 valence electrons. The molecule has 0 saturated carbocycles. The summed E-state index contributed by atoms with van der Waals surface area (Å²) in [5, 5.41) is 5.18. The second kappa shape index (κ2) is 10.6. The number of anilines is 2. The number of aromatic nitrogens is 2. The van der Waals surface area contributed by atoms with Gasteiger partial charge in [0.1, 0.15) is 0 Å². The molecule has 0 unspecified atom stereocenters. The largest absolute Gasteiger partial charge is 0.495 e. The molecule has 2 fully saturated rings. The van der Waals surface area contributed by atoms with E-state index in [1.54, 1.807) is 6.07 Å². The van der Waals surface area contributed by atoms with Crippen molar-refractivity contribution in [2.45, 2.75) is 103 Å². The number of halogens is 2. The maximum absolute atomic E-state index is 14.7. The zero-order valence-electron chi connectivity index (χ0n) is 24.8. The molecule has 8 nitrogen and oxygen atoms in total. The van der Waals surface area contributed by atoms with Crippen LogP contribution in [-0.4, -0.2) is 65.2 Å². The van der Waals surface area contributed by atoms with Crippen LogP contribution in [0.2, 0.25) is 0 Å². The van der Waals surface area contributed by atoms with Gasteiger partial charge in [0.2, 0.25) is 5.91 Å². The molecule has 41 heavy (non-hydrogen) atoms. The van der Waals surface area contributed by atoms with Crippen molar-refractivity contribution in [3.05, 3.63) is 34.5 Å². The zero-order valence-corrected chi connectivity index (χ0v) is 24.8. The number of aryl methyl sites for hydroxylation is 1. The minimum atomic E-state index is -2.69. The lowest BCUT2D eigenvalue weighted by Gasteiger charge is -2.33. The normalized spacial score (nSPS) is 22.3. The van der Waals surface area contributed by atoms with E-state index in [1.807, 2.05) is 45.6 Å². The van der Waals surface area contributed by atoms with E-state index < -0.39 is 24.7 Å². The number of rotatable bonds is 5. The molecular formula is C30H41BF2N4O4. The van der Waals surface area contributed by atoms with E-state index >= 15 is 0 Å². The molecular weight excluding hydrogens is 529 g/mol. The van der Waals surface area contributed by atoms with Gasteiger partial charge in [0.25, 0.3) is 6.43 Å². The average Bonchev–Trinajstić information content (AvgIpc) is 3.44. The first-order valence-corrected chi connectivity index (χ1v) is 15.0. The molecule has 4 aliphatic heterocycles. The molecule has 2 saturated heterocycles. The molecule has 1 amide bonds. The van der Waals surface area contributed by atoms with Crippen LogP contribution in [0.4, 0.5) is 20.3 Å². The lowest BCUT2D eigenvalue weighted by molar-refractivity contribution is -0.131. The number of alkyl halides is 2. The Kier molecular flexibility index (Phi) is 7.43. The molecule has 0 atom stereocenters. The van der Waals surface area contributed by atoms with Gasteiger partial charge in [-0.2, -0.15) is 5.10 Å². The summed E-state index contributed by atoms with van der Waals surface area (Å²) in [5.41, 5.74) is 2.99. The highest BCUT2D eigenvalue weighted by atomic mass is 19.3. The Balaban J connectivity index is 1.43. The Labute approximate surface area is 241 Å². The first kappa shape index (κ1) is 28.6. The van der Waals surface area contributed by atoms with Crippen LogP contribution < -0.4 is 10.4 Å². The average molecular weight is 570 g/mol. The van der Waals surface area contributed by atoms with Crippen molar-refractivity contribution in [2.75, 3.05) is 31.2 Å². The molecule has 0 aliphatic carbocycles. The Morgan fingerprint density at radius 3 is 2.46 bits per heavy atom. The Bertz CT molecular complexity index is 1310. The van der Waals surface area contributed by atoms with Gasteiger partial charge in [0.15, 0.2) is 5.82 Å². The summed E-state index contributed by atoms with van der Waals surface area (Å²) < 4.78 is 49.5. The number of carbonyl (C=O) groups excluding carboxylic acids is 1. The molecule has 0 spiro atoms. The van der Waals surface area contributed by atoms with E-state index in [1.165, 1.54) is 0 Å². The molecule has 5 heterocycles. The summed E-state index contributed by atoms with van der Waals surface area (Å²) in [5.74, 6) is 0.899. The second-order valence-electron chi connectivity index (χ2n) is 12.7. The standard InChI is InChI=1S/C30H41BF2N4O4/c1-6-26(38)35-13-9-24-22(18-35)28(34-37(24)20-10-14-39-15-11-20)36-12-7-8-19-16-23(21(27(32)33)17-25(19)36)31-40-29(2,3)30(4,5)41-31/h16-17,20,27H,6-15,18H2,1-5H3. The molecule has 4 aliphatic rings. The minimum absolute atomic E-state index is 0.0744. The number of fused-ring (bicyclic) bond motifs is 2. The van der Waals surface area contributed by atoms with Gasteiger partial charge < -0.3 is 23.8 Å². The maximum Gasteiger partial charge on any atom is 0.495 e. The summed E-state index contributed by atoms with van der Waals surface area (Å²) in [4.78, 5) is 16.7. The van der Waals surface area contributed by atoms with Crippen LogP contribution in [0.5, 0.6) is 0 Å². The van der Waals surface area contributed by atoms with Crippen molar-refractivity contribution in [2.24, 2.45) is 0 Å². The van der Waals surface area contributed by atoms with Gasteiger partial charge in [0, 0.05) is 61.7 Å². The van der Waals surface area contributed by atoms with Gasteiger partial charge in [-0.1, -0.05) is 13.0 Å². The number of hydrogen-bond donors (Lipinski definition) is 0. The lowest BCUT2D eigenvalue weighted by atomic mass is 9.74. The first-order chi connectivity index (χ1) is 19.5. The number of benzene rings is 1. The molecule has 2 aromatic rings. The van der Waals surface area contributed by atoms with Crippen LogP contribution in [0.15, 0.2) is 12.1 Å². The summed E-state index contributed by atoms with van der Waals surface area (Å²) in [7, 11) is -0.862.